The molecule has 0 bridgehead atoms. The number of nitrogens with zero attached hydrogens (tertiary/aromatic N) is 3. The molecule has 0 saturated carbocycles. The van der Waals surface area contributed by atoms with Gasteiger partial charge in [0.2, 0.25) is 0 Å². The molecule has 7 aromatic rings. The second-order valence-electron chi connectivity index (χ2n) is 14.9. The fourth-order valence-electron chi connectivity index (χ4n) is 7.94. The molecule has 2 unspecified atom stereocenters. The predicted molar refractivity (Wildman–Crippen MR) is 237 cm³/mol. The van der Waals surface area contributed by atoms with Gasteiger partial charge < -0.3 is 0 Å². The molecular formula is C53H43N3. The molecule has 0 saturated heterocycles. The Morgan fingerprint density at radius 2 is 1.32 bits per heavy atom. The Balaban J connectivity index is 1.04. The fourth-order valence-corrected chi connectivity index (χ4v) is 7.94. The third kappa shape index (κ3) is 7.12. The van der Waals surface area contributed by atoms with E-state index in [4.69, 9.17) is 15.0 Å². The first-order valence-corrected chi connectivity index (χ1v) is 19.6. The third-order valence-electron chi connectivity index (χ3n) is 10.8. The molecule has 3 nitrogen and oxygen atoms in total. The van der Waals surface area contributed by atoms with Gasteiger partial charge in [-0.15, -0.1) is 0 Å². The van der Waals surface area contributed by atoms with Crippen molar-refractivity contribution in [2.45, 2.75) is 26.2 Å². The zero-order valence-electron chi connectivity index (χ0n) is 31.8. The number of hydrogen-bond acceptors (Lipinski definition) is 3. The van der Waals surface area contributed by atoms with Gasteiger partial charge in [0.1, 0.15) is 0 Å². The van der Waals surface area contributed by atoms with E-state index >= 15 is 0 Å². The Morgan fingerprint density at radius 1 is 0.607 bits per heavy atom. The molecule has 0 N–H and O–H groups in total. The van der Waals surface area contributed by atoms with Gasteiger partial charge in [0, 0.05) is 51.5 Å². The molecule has 0 amide bonds. The van der Waals surface area contributed by atoms with Crippen LogP contribution in [0.3, 0.4) is 0 Å². The van der Waals surface area contributed by atoms with Gasteiger partial charge in [-0.25, -0.2) is 9.97 Å². The van der Waals surface area contributed by atoms with Gasteiger partial charge in [-0.05, 0) is 65.9 Å². The summed E-state index contributed by atoms with van der Waals surface area (Å²) in [5.74, 6) is 0.269. The second-order valence-corrected chi connectivity index (χ2v) is 14.9. The highest BCUT2D eigenvalue weighted by molar-refractivity contribution is 6.14. The fraction of sp³-hybridized carbons (Fsp3) is 0.113. The first-order valence-electron chi connectivity index (χ1n) is 19.6. The summed E-state index contributed by atoms with van der Waals surface area (Å²) in [4.78, 5) is 15.7. The molecule has 2 heterocycles. The number of rotatable bonds is 9. The van der Waals surface area contributed by atoms with Crippen molar-refractivity contribution < 1.29 is 0 Å². The van der Waals surface area contributed by atoms with Crippen LogP contribution in [0, 0.1) is 5.92 Å². The van der Waals surface area contributed by atoms with E-state index < -0.39 is 0 Å². The van der Waals surface area contributed by atoms with Crippen LogP contribution in [-0.2, 0) is 0 Å². The summed E-state index contributed by atoms with van der Waals surface area (Å²) >= 11 is 0. The lowest BCUT2D eigenvalue weighted by atomic mass is 9.74. The van der Waals surface area contributed by atoms with Gasteiger partial charge >= 0.3 is 0 Å². The maximum atomic E-state index is 5.36. The van der Waals surface area contributed by atoms with E-state index in [1.165, 1.54) is 33.1 Å². The summed E-state index contributed by atoms with van der Waals surface area (Å²) in [5.41, 5.74) is 13.3. The van der Waals surface area contributed by atoms with Crippen LogP contribution >= 0.6 is 0 Å². The van der Waals surface area contributed by atoms with Gasteiger partial charge in [0.25, 0.3) is 0 Å². The van der Waals surface area contributed by atoms with E-state index in [9.17, 15) is 0 Å². The minimum atomic E-state index is 0.101. The van der Waals surface area contributed by atoms with Gasteiger partial charge in [0.05, 0.1) is 22.4 Å². The number of benzene rings is 5. The van der Waals surface area contributed by atoms with Crippen molar-refractivity contribution in [3.8, 4) is 11.3 Å². The smallest absolute Gasteiger partial charge is 0.0972 e. The molecule has 2 aliphatic rings. The number of hydrogen-bond donors (Lipinski definition) is 0. The van der Waals surface area contributed by atoms with Crippen molar-refractivity contribution in [3.63, 3.8) is 0 Å². The Kier molecular flexibility index (Phi) is 9.74. The Morgan fingerprint density at radius 3 is 2.14 bits per heavy atom. The number of fused-ring (bicyclic) bond motifs is 5. The molecule has 9 rings (SSSR count). The van der Waals surface area contributed by atoms with Crippen LogP contribution in [-0.4, -0.2) is 22.2 Å². The summed E-state index contributed by atoms with van der Waals surface area (Å²) in [6.45, 7) is 4.96. The summed E-state index contributed by atoms with van der Waals surface area (Å²) in [6.07, 6.45) is 20.9. The zero-order valence-corrected chi connectivity index (χ0v) is 31.8. The van der Waals surface area contributed by atoms with E-state index in [0.29, 0.717) is 0 Å². The monoisotopic (exact) mass is 721 g/mol. The molecule has 2 aromatic heterocycles. The largest absolute Gasteiger partial charge is 0.284 e. The average molecular weight is 722 g/mol. The molecule has 0 radical (unpaired) electrons. The molecule has 5 aromatic carbocycles. The topological polar surface area (TPSA) is 38.1 Å². The predicted octanol–water partition coefficient (Wildman–Crippen LogP) is 13.2. The SMILES string of the molecule is CC(C)=C/C=C\CC/N=C(/c1ccc(C2=C3C=CC=CC3C(c3ccc4ccc5ccc(-c6ccccc6)nc5c4n3)C=C2)cc1)c1ccc2ccccc2c1. The maximum absolute atomic E-state index is 5.36. The van der Waals surface area contributed by atoms with Crippen LogP contribution in [0.5, 0.6) is 0 Å². The quantitative estimate of drug-likeness (QED) is 0.0644. The Bertz CT molecular complexity index is 2810. The van der Waals surface area contributed by atoms with E-state index in [2.05, 4.69) is 196 Å². The van der Waals surface area contributed by atoms with Crippen LogP contribution in [0.1, 0.15) is 48.6 Å². The highest BCUT2D eigenvalue weighted by atomic mass is 14.8. The number of aliphatic imine (C=N–C) groups is 1. The summed E-state index contributed by atoms with van der Waals surface area (Å²) in [6, 6.07) is 47.5. The van der Waals surface area contributed by atoms with Crippen molar-refractivity contribution in [1.29, 1.82) is 0 Å². The van der Waals surface area contributed by atoms with E-state index in [0.717, 1.165) is 68.6 Å². The second kappa shape index (κ2) is 15.6. The molecule has 2 atom stereocenters. The highest BCUT2D eigenvalue weighted by Gasteiger charge is 2.29. The molecule has 0 fully saturated rings. The molecular weight excluding hydrogens is 679 g/mol. The van der Waals surface area contributed by atoms with Gasteiger partial charge in [-0.3, -0.25) is 4.99 Å². The molecule has 56 heavy (non-hydrogen) atoms. The van der Waals surface area contributed by atoms with Crippen molar-refractivity contribution in [2.75, 3.05) is 6.54 Å². The molecule has 0 spiro atoms. The van der Waals surface area contributed by atoms with Gasteiger partial charge in [-0.2, -0.15) is 0 Å². The average Bonchev–Trinajstić information content (AvgIpc) is 3.25. The van der Waals surface area contributed by atoms with E-state index in [-0.39, 0.29) is 11.8 Å². The van der Waals surface area contributed by atoms with Gasteiger partial charge in [0.15, 0.2) is 0 Å². The van der Waals surface area contributed by atoms with Crippen LogP contribution in [0.2, 0.25) is 0 Å². The maximum Gasteiger partial charge on any atom is 0.0972 e. The summed E-state index contributed by atoms with van der Waals surface area (Å²) in [5, 5.41) is 4.65. The molecule has 2 aliphatic carbocycles. The third-order valence-corrected chi connectivity index (χ3v) is 10.8. The summed E-state index contributed by atoms with van der Waals surface area (Å²) in [7, 11) is 0. The lowest BCUT2D eigenvalue weighted by molar-refractivity contribution is 0.658. The van der Waals surface area contributed by atoms with Crippen molar-refractivity contribution in [3.05, 3.63) is 222 Å². The van der Waals surface area contributed by atoms with Crippen LogP contribution in [0.15, 0.2) is 204 Å². The normalized spacial score (nSPS) is 16.6. The first kappa shape index (κ1) is 35.0. The van der Waals surface area contributed by atoms with Crippen LogP contribution in [0.4, 0.5) is 0 Å². The zero-order chi connectivity index (χ0) is 37.8. The first-order chi connectivity index (χ1) is 27.6. The van der Waals surface area contributed by atoms with Crippen LogP contribution < -0.4 is 0 Å². The number of aromatic nitrogens is 2. The molecule has 0 aliphatic heterocycles. The minimum absolute atomic E-state index is 0.101. The van der Waals surface area contributed by atoms with E-state index in [1.54, 1.807) is 0 Å². The molecule has 3 heteroatoms. The standard InChI is InChI=1S/C53H43N3/c1-36(2)13-5-4-12-34-54-51(44-27-20-37-14-8-9-17-43(37)35-44)40-23-21-38(22-24-40)45-30-31-48(47-19-11-10-18-46(45)47)50-33-29-42-26-25-41-28-32-49(39-15-6-3-7-16-39)55-52(41)53(42)56-50/h3-11,13-33,35,47-48H,12,34H2,1-2H3/b5-4-,54-51-. The van der Waals surface area contributed by atoms with Crippen molar-refractivity contribution >= 4 is 43.9 Å². The summed E-state index contributed by atoms with van der Waals surface area (Å²) < 4.78 is 0. The number of pyridine rings is 2. The molecule has 270 valence electrons. The lowest BCUT2D eigenvalue weighted by Crippen LogP contribution is -2.18. The van der Waals surface area contributed by atoms with E-state index in [1.807, 2.05) is 6.07 Å². The van der Waals surface area contributed by atoms with Crippen LogP contribution in [0.25, 0.3) is 49.4 Å². The Hall–Kier alpha value is -6.71. The Labute approximate surface area is 329 Å². The highest BCUT2D eigenvalue weighted by Crippen LogP contribution is 2.43. The number of allylic oxidation sites excluding steroid dienone is 11. The van der Waals surface area contributed by atoms with Crippen molar-refractivity contribution in [1.82, 2.24) is 9.97 Å². The van der Waals surface area contributed by atoms with Crippen molar-refractivity contribution in [2.24, 2.45) is 10.9 Å². The van der Waals surface area contributed by atoms with Gasteiger partial charge in [-0.1, -0.05) is 176 Å². The lowest BCUT2D eigenvalue weighted by Gasteiger charge is -2.30. The minimum Gasteiger partial charge on any atom is -0.284 e.